The molecule has 0 radical (unpaired) electrons. The van der Waals surface area contributed by atoms with E-state index in [4.69, 9.17) is 4.74 Å². The van der Waals surface area contributed by atoms with E-state index in [9.17, 15) is 10.1 Å². The smallest absolute Gasteiger partial charge is 0.216 e. The van der Waals surface area contributed by atoms with E-state index >= 15 is 0 Å². The third kappa shape index (κ3) is 2.93. The van der Waals surface area contributed by atoms with Crippen LogP contribution in [0.4, 0.5) is 0 Å². The van der Waals surface area contributed by atoms with Gasteiger partial charge in [0.25, 0.3) is 0 Å². The zero-order valence-corrected chi connectivity index (χ0v) is 8.10. The molecule has 0 N–H and O–H groups in total. The summed E-state index contributed by atoms with van der Waals surface area (Å²) in [5.74, 6) is 0. The molecule has 13 heavy (non-hydrogen) atoms. The first kappa shape index (κ1) is 10.4. The Hall–Kier alpha value is -0.680. The van der Waals surface area contributed by atoms with Crippen LogP contribution in [0.1, 0.15) is 13.8 Å². The Morgan fingerprint density at radius 1 is 1.46 bits per heavy atom. The van der Waals surface area contributed by atoms with Crippen LogP contribution in [-0.4, -0.2) is 48.2 Å². The molecule has 5 heteroatoms. The number of hydrogen-bond donors (Lipinski definition) is 0. The Balaban J connectivity index is 2.39. The Kier molecular flexibility index (Phi) is 3.62. The summed E-state index contributed by atoms with van der Waals surface area (Å²) in [4.78, 5) is 12.1. The molecule has 0 spiro atoms. The summed E-state index contributed by atoms with van der Waals surface area (Å²) in [5, 5.41) is 10.2. The number of morpholine rings is 1. The maximum atomic E-state index is 10.2. The summed E-state index contributed by atoms with van der Waals surface area (Å²) in [6.45, 7) is 5.99. The van der Waals surface area contributed by atoms with Crippen molar-refractivity contribution in [2.75, 3.05) is 26.3 Å². The highest BCUT2D eigenvalue weighted by molar-refractivity contribution is 4.77. The van der Waals surface area contributed by atoms with Crippen LogP contribution in [0, 0.1) is 10.1 Å². The van der Waals surface area contributed by atoms with Gasteiger partial charge in [-0.1, -0.05) is 0 Å². The Morgan fingerprint density at radius 2 is 2.00 bits per heavy atom. The predicted octanol–water partition coefficient (Wildman–Crippen LogP) is 0.372. The summed E-state index contributed by atoms with van der Waals surface area (Å²) < 4.78 is 5.32. The molecule has 0 amide bonds. The number of rotatable bonds is 3. The fourth-order valence-electron chi connectivity index (χ4n) is 1.67. The molecule has 1 heterocycles. The predicted molar refractivity (Wildman–Crippen MR) is 48.3 cm³/mol. The first-order chi connectivity index (χ1) is 6.11. The lowest BCUT2D eigenvalue weighted by atomic mass is 10.2. The van der Waals surface area contributed by atoms with E-state index in [1.54, 1.807) is 0 Å². The van der Waals surface area contributed by atoms with E-state index in [2.05, 4.69) is 4.90 Å². The highest BCUT2D eigenvalue weighted by Crippen LogP contribution is 2.11. The molecule has 1 saturated heterocycles. The van der Waals surface area contributed by atoms with Crippen molar-refractivity contribution in [3.8, 4) is 0 Å². The van der Waals surface area contributed by atoms with E-state index in [1.807, 2.05) is 13.8 Å². The maximum Gasteiger partial charge on any atom is 0.216 e. The fraction of sp³-hybridized carbons (Fsp3) is 1.00. The van der Waals surface area contributed by atoms with Crippen LogP contribution in [0.2, 0.25) is 0 Å². The average molecular weight is 188 g/mol. The second-order valence-corrected chi connectivity index (χ2v) is 3.53. The van der Waals surface area contributed by atoms with Gasteiger partial charge in [0, 0.05) is 17.0 Å². The van der Waals surface area contributed by atoms with Gasteiger partial charge in [0.05, 0.1) is 19.8 Å². The molecular weight excluding hydrogens is 172 g/mol. The minimum absolute atomic E-state index is 0.0225. The molecule has 1 rings (SSSR count). The Labute approximate surface area is 77.8 Å². The lowest BCUT2D eigenvalue weighted by Crippen LogP contribution is -2.51. The van der Waals surface area contributed by atoms with E-state index in [-0.39, 0.29) is 11.5 Å². The summed E-state index contributed by atoms with van der Waals surface area (Å²) in [5.41, 5.74) is 0. The topological polar surface area (TPSA) is 55.6 Å². The summed E-state index contributed by atoms with van der Waals surface area (Å²) >= 11 is 0. The van der Waals surface area contributed by atoms with Gasteiger partial charge in [0.1, 0.15) is 0 Å². The quantitative estimate of drug-likeness (QED) is 0.474. The van der Waals surface area contributed by atoms with E-state index in [1.165, 1.54) is 0 Å². The van der Waals surface area contributed by atoms with Crippen LogP contribution >= 0.6 is 0 Å². The second-order valence-electron chi connectivity index (χ2n) is 3.53. The summed E-state index contributed by atoms with van der Waals surface area (Å²) in [6.07, 6.45) is 0. The van der Waals surface area contributed by atoms with E-state index in [0.717, 1.165) is 0 Å². The maximum absolute atomic E-state index is 10.2. The van der Waals surface area contributed by atoms with Crippen LogP contribution in [-0.2, 0) is 4.74 Å². The lowest BCUT2D eigenvalue weighted by molar-refractivity contribution is -0.481. The zero-order valence-electron chi connectivity index (χ0n) is 8.10. The number of hydrogen-bond acceptors (Lipinski definition) is 4. The molecule has 0 saturated carbocycles. The molecular formula is C8H16N2O3. The highest BCUT2D eigenvalue weighted by Gasteiger charge is 2.25. The molecule has 0 aromatic rings. The molecule has 1 aliphatic rings. The standard InChI is InChI=1S/C8H16N2O3/c1-7-5-13-6-8(2)9(7)3-4-10(11)12/h7-8H,3-6H2,1-2H3. The molecule has 1 aliphatic heterocycles. The molecule has 0 aliphatic carbocycles. The van der Waals surface area contributed by atoms with Crippen LogP contribution in [0.5, 0.6) is 0 Å². The largest absolute Gasteiger partial charge is 0.378 e. The van der Waals surface area contributed by atoms with E-state index < -0.39 is 0 Å². The summed E-state index contributed by atoms with van der Waals surface area (Å²) in [7, 11) is 0. The monoisotopic (exact) mass is 188 g/mol. The fourth-order valence-corrected chi connectivity index (χ4v) is 1.67. The van der Waals surface area contributed by atoms with Crippen molar-refractivity contribution >= 4 is 0 Å². The van der Waals surface area contributed by atoms with Gasteiger partial charge >= 0.3 is 0 Å². The molecule has 0 bridgehead atoms. The van der Waals surface area contributed by atoms with Gasteiger partial charge in [-0.05, 0) is 13.8 Å². The van der Waals surface area contributed by atoms with Crippen LogP contribution in [0.15, 0.2) is 0 Å². The molecule has 76 valence electrons. The number of nitrogens with zero attached hydrogens (tertiary/aromatic N) is 2. The Morgan fingerprint density at radius 3 is 2.46 bits per heavy atom. The minimum atomic E-state index is -0.269. The first-order valence-electron chi connectivity index (χ1n) is 4.56. The highest BCUT2D eigenvalue weighted by atomic mass is 16.6. The second kappa shape index (κ2) is 4.53. The molecule has 0 aromatic heterocycles. The number of nitro groups is 1. The van der Waals surface area contributed by atoms with Gasteiger partial charge in [0.2, 0.25) is 6.54 Å². The number of ether oxygens (including phenoxy) is 1. The molecule has 0 aromatic carbocycles. The van der Waals surface area contributed by atoms with Gasteiger partial charge in [-0.3, -0.25) is 15.0 Å². The van der Waals surface area contributed by atoms with Crippen LogP contribution in [0.25, 0.3) is 0 Å². The first-order valence-corrected chi connectivity index (χ1v) is 4.56. The third-order valence-electron chi connectivity index (χ3n) is 2.39. The average Bonchev–Trinajstić information content (AvgIpc) is 2.03. The molecule has 5 nitrogen and oxygen atoms in total. The summed E-state index contributed by atoms with van der Waals surface area (Å²) in [6, 6.07) is 0.590. The SMILES string of the molecule is CC1COCC(C)N1CC[N+](=O)[O-]. The van der Waals surface area contributed by atoms with Crippen molar-refractivity contribution < 1.29 is 9.66 Å². The van der Waals surface area contributed by atoms with Gasteiger partial charge in [-0.25, -0.2) is 0 Å². The van der Waals surface area contributed by atoms with Crippen LogP contribution < -0.4 is 0 Å². The van der Waals surface area contributed by atoms with Crippen molar-refractivity contribution in [1.29, 1.82) is 0 Å². The van der Waals surface area contributed by atoms with E-state index in [0.29, 0.717) is 31.8 Å². The van der Waals surface area contributed by atoms with Gasteiger partial charge in [-0.2, -0.15) is 0 Å². The molecule has 2 unspecified atom stereocenters. The van der Waals surface area contributed by atoms with Crippen molar-refractivity contribution in [3.05, 3.63) is 10.1 Å². The van der Waals surface area contributed by atoms with Crippen molar-refractivity contribution in [3.63, 3.8) is 0 Å². The minimum Gasteiger partial charge on any atom is -0.378 e. The zero-order chi connectivity index (χ0) is 9.84. The Bertz CT molecular complexity index is 176. The van der Waals surface area contributed by atoms with Gasteiger partial charge in [-0.15, -0.1) is 0 Å². The van der Waals surface area contributed by atoms with Crippen LogP contribution in [0.3, 0.4) is 0 Å². The van der Waals surface area contributed by atoms with Crippen molar-refractivity contribution in [2.24, 2.45) is 0 Å². The molecule has 2 atom stereocenters. The van der Waals surface area contributed by atoms with Crippen molar-refractivity contribution in [2.45, 2.75) is 25.9 Å². The molecule has 1 fully saturated rings. The third-order valence-corrected chi connectivity index (χ3v) is 2.39. The normalized spacial score (nSPS) is 30.3. The van der Waals surface area contributed by atoms with Gasteiger partial charge in [0.15, 0.2) is 0 Å². The van der Waals surface area contributed by atoms with Gasteiger partial charge < -0.3 is 4.74 Å². The lowest BCUT2D eigenvalue weighted by Gasteiger charge is -2.37. The van der Waals surface area contributed by atoms with Crippen molar-refractivity contribution in [1.82, 2.24) is 4.90 Å².